The average molecular weight is 225 g/mol. The van der Waals surface area contributed by atoms with Crippen LogP contribution in [0.25, 0.3) is 0 Å². The van der Waals surface area contributed by atoms with E-state index in [2.05, 4.69) is 4.98 Å². The topological polar surface area (TPSA) is 71.9 Å². The summed E-state index contributed by atoms with van der Waals surface area (Å²) in [5.41, 5.74) is 7.80. The number of aromatic nitrogens is 1. The fraction of sp³-hybridized carbons (Fsp3) is 0.0769. The zero-order chi connectivity index (χ0) is 12.3. The van der Waals surface area contributed by atoms with Gasteiger partial charge in [-0.15, -0.1) is 0 Å². The Morgan fingerprint density at radius 3 is 2.76 bits per heavy atom. The van der Waals surface area contributed by atoms with Gasteiger partial charge in [-0.3, -0.25) is 0 Å². The lowest BCUT2D eigenvalue weighted by Crippen LogP contribution is -1.92. The molecule has 0 radical (unpaired) electrons. The second-order valence-corrected chi connectivity index (χ2v) is 3.62. The van der Waals surface area contributed by atoms with Gasteiger partial charge in [-0.2, -0.15) is 5.26 Å². The van der Waals surface area contributed by atoms with E-state index in [0.717, 1.165) is 5.56 Å². The first-order valence-electron chi connectivity index (χ1n) is 5.09. The molecule has 2 N–H and O–H groups in total. The van der Waals surface area contributed by atoms with Crippen molar-refractivity contribution in [3.63, 3.8) is 0 Å². The molecule has 1 aromatic heterocycles. The number of pyridine rings is 1. The molecule has 0 amide bonds. The minimum atomic E-state index is 0.442. The number of ether oxygens (including phenoxy) is 1. The first-order valence-corrected chi connectivity index (χ1v) is 5.09. The normalized spacial score (nSPS) is 9.65. The molecule has 84 valence electrons. The summed E-state index contributed by atoms with van der Waals surface area (Å²) in [6, 6.07) is 10.8. The quantitative estimate of drug-likeness (QED) is 0.797. The van der Waals surface area contributed by atoms with Crippen LogP contribution < -0.4 is 10.5 Å². The van der Waals surface area contributed by atoms with Crippen LogP contribution in [0.5, 0.6) is 11.6 Å². The van der Waals surface area contributed by atoms with Crippen LogP contribution in [-0.4, -0.2) is 4.98 Å². The zero-order valence-electron chi connectivity index (χ0n) is 9.34. The van der Waals surface area contributed by atoms with Gasteiger partial charge < -0.3 is 10.5 Å². The average Bonchev–Trinajstić information content (AvgIpc) is 2.35. The second-order valence-electron chi connectivity index (χ2n) is 3.62. The van der Waals surface area contributed by atoms with Crippen LogP contribution in [0.3, 0.4) is 0 Å². The molecule has 4 nitrogen and oxygen atoms in total. The summed E-state index contributed by atoms with van der Waals surface area (Å²) in [6.07, 6.45) is 1.47. The number of rotatable bonds is 2. The van der Waals surface area contributed by atoms with Crippen LogP contribution in [-0.2, 0) is 0 Å². The van der Waals surface area contributed by atoms with Gasteiger partial charge in [-0.05, 0) is 24.6 Å². The molecule has 0 saturated heterocycles. The van der Waals surface area contributed by atoms with Gasteiger partial charge in [0, 0.05) is 24.0 Å². The molecule has 0 aliphatic heterocycles. The molecule has 0 aliphatic carbocycles. The number of nitrogens with two attached hydrogens (primary N) is 1. The molecule has 1 aromatic carbocycles. The van der Waals surface area contributed by atoms with E-state index >= 15 is 0 Å². The molecule has 0 unspecified atom stereocenters. The van der Waals surface area contributed by atoms with Gasteiger partial charge in [0.2, 0.25) is 5.88 Å². The molecule has 0 bridgehead atoms. The molecule has 0 spiro atoms. The Morgan fingerprint density at radius 2 is 2.12 bits per heavy atom. The van der Waals surface area contributed by atoms with Crippen molar-refractivity contribution < 1.29 is 4.74 Å². The highest BCUT2D eigenvalue weighted by molar-refractivity contribution is 5.49. The summed E-state index contributed by atoms with van der Waals surface area (Å²) in [4.78, 5) is 4.03. The van der Waals surface area contributed by atoms with Crippen molar-refractivity contribution in [1.29, 1.82) is 5.26 Å². The molecule has 17 heavy (non-hydrogen) atoms. The van der Waals surface area contributed by atoms with Crippen molar-refractivity contribution in [2.24, 2.45) is 0 Å². The molecular formula is C13H11N3O. The highest BCUT2D eigenvalue weighted by Crippen LogP contribution is 2.25. The maximum absolute atomic E-state index is 8.65. The number of nitrogens with zero attached hydrogens (tertiary/aromatic N) is 2. The summed E-state index contributed by atoms with van der Waals surface area (Å²) in [6.45, 7) is 1.93. The Balaban J connectivity index is 2.25. The molecule has 2 aromatic rings. The number of nitrogen functional groups attached to an aromatic ring is 1. The van der Waals surface area contributed by atoms with E-state index < -0.39 is 0 Å². The smallest absolute Gasteiger partial charge is 0.219 e. The number of hydrogen-bond donors (Lipinski definition) is 1. The van der Waals surface area contributed by atoms with Gasteiger partial charge in [0.15, 0.2) is 0 Å². The van der Waals surface area contributed by atoms with E-state index in [-0.39, 0.29) is 0 Å². The van der Waals surface area contributed by atoms with E-state index in [9.17, 15) is 0 Å². The minimum Gasteiger partial charge on any atom is -0.439 e. The molecule has 0 aliphatic rings. The van der Waals surface area contributed by atoms with Crippen molar-refractivity contribution >= 4 is 5.69 Å². The fourth-order valence-corrected chi connectivity index (χ4v) is 1.35. The largest absolute Gasteiger partial charge is 0.439 e. The number of hydrogen-bond acceptors (Lipinski definition) is 4. The molecule has 1 heterocycles. The molecule has 0 saturated carbocycles. The van der Waals surface area contributed by atoms with Gasteiger partial charge in [0.05, 0.1) is 5.56 Å². The van der Waals surface area contributed by atoms with E-state index in [4.69, 9.17) is 15.7 Å². The maximum atomic E-state index is 8.65. The minimum absolute atomic E-state index is 0.442. The summed E-state index contributed by atoms with van der Waals surface area (Å²) < 4.78 is 5.59. The molecule has 0 atom stereocenters. The maximum Gasteiger partial charge on any atom is 0.219 e. The predicted molar refractivity (Wildman–Crippen MR) is 64.6 cm³/mol. The van der Waals surface area contributed by atoms with Crippen LogP contribution in [0.2, 0.25) is 0 Å². The van der Waals surface area contributed by atoms with Crippen LogP contribution in [0.1, 0.15) is 11.1 Å². The number of aryl methyl sites for hydroxylation is 1. The van der Waals surface area contributed by atoms with E-state index in [1.165, 1.54) is 6.20 Å². The number of benzene rings is 1. The van der Waals surface area contributed by atoms with Gasteiger partial charge in [-0.1, -0.05) is 6.07 Å². The Labute approximate surface area is 99.3 Å². The van der Waals surface area contributed by atoms with E-state index in [0.29, 0.717) is 22.9 Å². The molecular weight excluding hydrogens is 214 g/mol. The first kappa shape index (κ1) is 11.0. The predicted octanol–water partition coefficient (Wildman–Crippen LogP) is 2.64. The SMILES string of the molecule is Cc1ccc(N)cc1Oc1ccc(C#N)cn1. The van der Waals surface area contributed by atoms with E-state index in [1.807, 2.05) is 25.1 Å². The lowest BCUT2D eigenvalue weighted by Gasteiger charge is -2.08. The fourth-order valence-electron chi connectivity index (χ4n) is 1.35. The van der Waals surface area contributed by atoms with E-state index in [1.54, 1.807) is 18.2 Å². The standard InChI is InChI=1S/C13H11N3O/c1-9-2-4-11(15)6-12(9)17-13-5-3-10(7-14)8-16-13/h2-6,8H,15H2,1H3. The Morgan fingerprint density at radius 1 is 1.29 bits per heavy atom. The Kier molecular flexibility index (Phi) is 2.93. The summed E-state index contributed by atoms with van der Waals surface area (Å²) >= 11 is 0. The van der Waals surface area contributed by atoms with Gasteiger partial charge in [-0.25, -0.2) is 4.98 Å². The third-order valence-electron chi connectivity index (χ3n) is 2.29. The van der Waals surface area contributed by atoms with Gasteiger partial charge in [0.25, 0.3) is 0 Å². The lowest BCUT2D eigenvalue weighted by molar-refractivity contribution is 0.459. The van der Waals surface area contributed by atoms with Crippen LogP contribution in [0, 0.1) is 18.3 Å². The molecule has 0 fully saturated rings. The van der Waals surface area contributed by atoms with Crippen LogP contribution in [0.15, 0.2) is 36.5 Å². The van der Waals surface area contributed by atoms with Crippen LogP contribution in [0.4, 0.5) is 5.69 Å². The van der Waals surface area contributed by atoms with Crippen molar-refractivity contribution in [3.8, 4) is 17.7 Å². The van der Waals surface area contributed by atoms with Crippen molar-refractivity contribution in [3.05, 3.63) is 47.7 Å². The molecule has 4 heteroatoms. The lowest BCUT2D eigenvalue weighted by atomic mass is 10.2. The van der Waals surface area contributed by atoms with Crippen LogP contribution >= 0.6 is 0 Å². The number of nitriles is 1. The third kappa shape index (κ3) is 2.52. The zero-order valence-corrected chi connectivity index (χ0v) is 9.34. The Bertz CT molecular complexity index is 570. The Hall–Kier alpha value is -2.54. The third-order valence-corrected chi connectivity index (χ3v) is 2.29. The van der Waals surface area contributed by atoms with Crippen molar-refractivity contribution in [1.82, 2.24) is 4.98 Å². The monoisotopic (exact) mass is 225 g/mol. The highest BCUT2D eigenvalue weighted by atomic mass is 16.5. The van der Waals surface area contributed by atoms with Gasteiger partial charge >= 0.3 is 0 Å². The summed E-state index contributed by atoms with van der Waals surface area (Å²) in [5, 5.41) is 8.65. The second kappa shape index (κ2) is 4.54. The molecule has 2 rings (SSSR count). The number of anilines is 1. The van der Waals surface area contributed by atoms with Crippen molar-refractivity contribution in [2.75, 3.05) is 5.73 Å². The summed E-state index contributed by atoms with van der Waals surface area (Å²) in [7, 11) is 0. The first-order chi connectivity index (χ1) is 8.19. The highest BCUT2D eigenvalue weighted by Gasteiger charge is 2.03. The van der Waals surface area contributed by atoms with Gasteiger partial charge in [0.1, 0.15) is 11.8 Å². The summed E-state index contributed by atoms with van der Waals surface area (Å²) in [5.74, 6) is 1.11. The van der Waals surface area contributed by atoms with Crippen molar-refractivity contribution in [2.45, 2.75) is 6.92 Å².